The number of imide groups is 1. The lowest BCUT2D eigenvalue weighted by Crippen LogP contribution is -2.43. The lowest BCUT2D eigenvalue weighted by molar-refractivity contribution is -0.146. The number of nitrogens with one attached hydrogen (secondary N) is 1. The van der Waals surface area contributed by atoms with Crippen LogP contribution in [0.2, 0.25) is 0 Å². The molecule has 2 rings (SSSR count). The van der Waals surface area contributed by atoms with E-state index in [1.54, 1.807) is 6.92 Å². The van der Waals surface area contributed by atoms with Crippen LogP contribution in [0.1, 0.15) is 42.0 Å². The molecule has 8 nitrogen and oxygen atoms in total. The molecule has 0 saturated carbocycles. The van der Waals surface area contributed by atoms with Crippen molar-refractivity contribution >= 4 is 23.7 Å². The minimum absolute atomic E-state index is 0.00750. The number of nitrogens with zero attached hydrogens (tertiary/aromatic N) is 2. The molecular weight excluding hydrogens is 395 g/mol. The van der Waals surface area contributed by atoms with Gasteiger partial charge < -0.3 is 14.6 Å². The number of Topliss-reactive ketones (excluding diaryl/α,β-unsaturated/α-hetero) is 1. The number of amides is 3. The number of rotatable bonds is 7. The Morgan fingerprint density at radius 2 is 1.86 bits per heavy atom. The van der Waals surface area contributed by atoms with Gasteiger partial charge in [0.05, 0.1) is 0 Å². The minimum Gasteiger partial charge on any atom is -0.456 e. The maximum atomic E-state index is 12.7. The first-order valence-electron chi connectivity index (χ1n) is 8.85. The molecule has 1 aromatic heterocycles. The number of alkyl halides is 3. The number of hydrogen-bond donors (Lipinski definition) is 1. The van der Waals surface area contributed by atoms with Gasteiger partial charge in [0.1, 0.15) is 18.6 Å². The number of ether oxygens (including phenoxy) is 1. The monoisotopic (exact) mass is 417 g/mol. The van der Waals surface area contributed by atoms with Gasteiger partial charge in [-0.15, -0.1) is 0 Å². The van der Waals surface area contributed by atoms with E-state index in [0.717, 1.165) is 4.57 Å². The Labute approximate surface area is 165 Å². The zero-order chi connectivity index (χ0) is 22.1. The maximum absolute atomic E-state index is 12.7. The number of halogens is 3. The predicted molar refractivity (Wildman–Crippen MR) is 94.2 cm³/mol. The van der Waals surface area contributed by atoms with Crippen molar-refractivity contribution in [1.82, 2.24) is 14.8 Å². The summed E-state index contributed by atoms with van der Waals surface area (Å²) in [6.45, 7) is 3.41. The molecule has 1 fully saturated rings. The van der Waals surface area contributed by atoms with E-state index in [2.05, 4.69) is 5.32 Å². The number of carbonyl (C=O) groups is 4. The van der Waals surface area contributed by atoms with Crippen LogP contribution >= 0.6 is 0 Å². The fourth-order valence-corrected chi connectivity index (χ4v) is 3.03. The molecule has 1 aliphatic heterocycles. The first-order chi connectivity index (χ1) is 13.3. The molecule has 0 bridgehead atoms. The minimum atomic E-state index is -4.45. The van der Waals surface area contributed by atoms with E-state index in [1.807, 2.05) is 0 Å². The van der Waals surface area contributed by atoms with Crippen molar-refractivity contribution in [2.75, 3.05) is 13.2 Å². The topological polar surface area (TPSA) is 97.7 Å². The number of carbonyl (C=O) groups excluding carboxylic acids is 4. The fourth-order valence-electron chi connectivity index (χ4n) is 3.03. The highest BCUT2D eigenvalue weighted by Crippen LogP contribution is 2.24. The SMILES string of the molecule is CC[C@@]1(C)NC(=O)N(CC(=O)OCC(=O)c2cc(C)n(CC(F)(F)F)c2C)C1=O. The zero-order valence-corrected chi connectivity index (χ0v) is 16.5. The van der Waals surface area contributed by atoms with Crippen LogP contribution in [0.15, 0.2) is 6.07 Å². The second-order valence-electron chi connectivity index (χ2n) is 7.08. The number of urea groups is 1. The number of hydrogen-bond acceptors (Lipinski definition) is 5. The van der Waals surface area contributed by atoms with Gasteiger partial charge >= 0.3 is 18.2 Å². The van der Waals surface area contributed by atoms with E-state index in [-0.39, 0.29) is 17.0 Å². The molecule has 1 N–H and O–H groups in total. The van der Waals surface area contributed by atoms with Crippen molar-refractivity contribution in [2.24, 2.45) is 0 Å². The summed E-state index contributed by atoms with van der Waals surface area (Å²) in [5.41, 5.74) is -0.752. The molecule has 1 aliphatic rings. The highest BCUT2D eigenvalue weighted by Gasteiger charge is 2.47. The van der Waals surface area contributed by atoms with Gasteiger partial charge in [-0.3, -0.25) is 19.3 Å². The number of esters is 1. The second kappa shape index (κ2) is 7.88. The first kappa shape index (κ1) is 22.4. The van der Waals surface area contributed by atoms with Gasteiger partial charge in [0.2, 0.25) is 5.78 Å². The van der Waals surface area contributed by atoms with Gasteiger partial charge in [-0.25, -0.2) is 4.79 Å². The smallest absolute Gasteiger partial charge is 0.406 e. The fraction of sp³-hybridized carbons (Fsp3) is 0.556. The lowest BCUT2D eigenvalue weighted by atomic mass is 9.99. The number of aryl methyl sites for hydroxylation is 1. The summed E-state index contributed by atoms with van der Waals surface area (Å²) in [5, 5.41) is 2.48. The molecular formula is C18H22F3N3O5. The summed E-state index contributed by atoms with van der Waals surface area (Å²) in [4.78, 5) is 49.1. The summed E-state index contributed by atoms with van der Waals surface area (Å²) >= 11 is 0. The molecule has 160 valence electrons. The zero-order valence-electron chi connectivity index (χ0n) is 16.5. The second-order valence-corrected chi connectivity index (χ2v) is 7.08. The van der Waals surface area contributed by atoms with Crippen LogP contribution in [0.3, 0.4) is 0 Å². The van der Waals surface area contributed by atoms with Crippen molar-refractivity contribution in [3.63, 3.8) is 0 Å². The van der Waals surface area contributed by atoms with Crippen LogP contribution in [-0.4, -0.2) is 58.0 Å². The van der Waals surface area contributed by atoms with Crippen LogP contribution in [-0.2, 0) is 20.9 Å². The molecule has 1 atom stereocenters. The van der Waals surface area contributed by atoms with Crippen molar-refractivity contribution < 1.29 is 37.1 Å². The van der Waals surface area contributed by atoms with E-state index in [0.29, 0.717) is 11.3 Å². The van der Waals surface area contributed by atoms with E-state index in [9.17, 15) is 32.3 Å². The van der Waals surface area contributed by atoms with Crippen molar-refractivity contribution in [2.45, 2.75) is 52.4 Å². The normalized spacial score (nSPS) is 19.5. The number of ketones is 1. The van der Waals surface area contributed by atoms with Gasteiger partial charge in [-0.05, 0) is 33.3 Å². The molecule has 1 aromatic rings. The van der Waals surface area contributed by atoms with Crippen molar-refractivity contribution in [3.8, 4) is 0 Å². The molecule has 0 spiro atoms. The molecule has 0 radical (unpaired) electrons. The van der Waals surface area contributed by atoms with Crippen LogP contribution in [0.5, 0.6) is 0 Å². The van der Waals surface area contributed by atoms with E-state index in [1.165, 1.54) is 26.8 Å². The Kier molecular flexibility index (Phi) is 6.10. The van der Waals surface area contributed by atoms with Crippen LogP contribution in [0.4, 0.5) is 18.0 Å². The summed E-state index contributed by atoms with van der Waals surface area (Å²) in [6, 6.07) is 0.555. The van der Waals surface area contributed by atoms with Gasteiger partial charge in [-0.2, -0.15) is 13.2 Å². The van der Waals surface area contributed by atoms with Crippen LogP contribution in [0, 0.1) is 13.8 Å². The Morgan fingerprint density at radius 3 is 2.38 bits per heavy atom. The summed E-state index contributed by atoms with van der Waals surface area (Å²) < 4.78 is 43.8. The first-order valence-corrected chi connectivity index (χ1v) is 8.85. The molecule has 11 heteroatoms. The standard InChI is InChI=1S/C18H22F3N3O5/c1-5-17(4)15(27)23(16(28)22-17)7-14(26)29-8-13(25)12-6-10(2)24(11(12)3)9-18(19,20)21/h6H,5,7-9H2,1-4H3,(H,22,28)/t17-/m1/s1. The van der Waals surface area contributed by atoms with Gasteiger partial charge in [0.15, 0.2) is 6.61 Å². The van der Waals surface area contributed by atoms with E-state index < -0.39 is 55.1 Å². The molecule has 0 aromatic carbocycles. The highest BCUT2D eigenvalue weighted by atomic mass is 19.4. The highest BCUT2D eigenvalue weighted by molar-refractivity contribution is 6.08. The summed E-state index contributed by atoms with van der Waals surface area (Å²) in [7, 11) is 0. The van der Waals surface area contributed by atoms with Crippen LogP contribution in [0.25, 0.3) is 0 Å². The summed E-state index contributed by atoms with van der Waals surface area (Å²) in [6.07, 6.45) is -4.12. The Morgan fingerprint density at radius 1 is 1.24 bits per heavy atom. The average molecular weight is 417 g/mol. The third-order valence-electron chi connectivity index (χ3n) is 4.92. The third kappa shape index (κ3) is 4.77. The molecule has 1 saturated heterocycles. The molecule has 29 heavy (non-hydrogen) atoms. The van der Waals surface area contributed by atoms with Gasteiger partial charge in [0.25, 0.3) is 5.91 Å². The Hall–Kier alpha value is -2.85. The molecule has 0 aliphatic carbocycles. The quantitative estimate of drug-likeness (QED) is 0.416. The Balaban J connectivity index is 1.99. The number of aromatic nitrogens is 1. The summed E-state index contributed by atoms with van der Waals surface area (Å²) in [5.74, 6) is -2.24. The lowest BCUT2D eigenvalue weighted by Gasteiger charge is -2.18. The van der Waals surface area contributed by atoms with Gasteiger partial charge in [0, 0.05) is 17.0 Å². The van der Waals surface area contributed by atoms with Crippen LogP contribution < -0.4 is 5.32 Å². The maximum Gasteiger partial charge on any atom is 0.406 e. The van der Waals surface area contributed by atoms with E-state index in [4.69, 9.17) is 4.74 Å². The predicted octanol–water partition coefficient (Wildman–Crippen LogP) is 2.11. The largest absolute Gasteiger partial charge is 0.456 e. The molecule has 0 unspecified atom stereocenters. The molecule has 3 amide bonds. The van der Waals surface area contributed by atoms with Crippen molar-refractivity contribution in [3.05, 3.63) is 23.0 Å². The third-order valence-corrected chi connectivity index (χ3v) is 4.92. The van der Waals surface area contributed by atoms with E-state index >= 15 is 0 Å². The average Bonchev–Trinajstić information content (AvgIpc) is 3.01. The van der Waals surface area contributed by atoms with Crippen molar-refractivity contribution in [1.29, 1.82) is 0 Å². The van der Waals surface area contributed by atoms with Gasteiger partial charge in [-0.1, -0.05) is 6.92 Å². The Bertz CT molecular complexity index is 862. The molecule has 2 heterocycles.